The molecule has 0 amide bonds. The summed E-state index contributed by atoms with van der Waals surface area (Å²) < 4.78 is 116. The van der Waals surface area contributed by atoms with Crippen LogP contribution < -0.4 is 26.2 Å². The Hall–Kier alpha value is -13.4. The molecular formula is C108H83BN4O. The Morgan fingerprint density at radius 1 is 0.272 bits per heavy atom. The van der Waals surface area contributed by atoms with Gasteiger partial charge in [-0.15, -0.1) is 0 Å². The summed E-state index contributed by atoms with van der Waals surface area (Å²) in [5, 5.41) is 4.32. The highest BCUT2D eigenvalue weighted by Gasteiger charge is 2.46. The number of nitrogens with zero attached hydrogens (tertiary/aromatic N) is 4. The molecule has 0 atom stereocenters. The molecular weight excluding hydrogens is 1380 g/mol. The molecule has 6 heteroatoms. The molecule has 114 heavy (non-hydrogen) atoms. The molecule has 0 unspecified atom stereocenters. The largest absolute Gasteiger partial charge is 0.456 e. The highest BCUT2D eigenvalue weighted by Crippen LogP contribution is 2.57. The van der Waals surface area contributed by atoms with Crippen molar-refractivity contribution in [1.82, 2.24) is 9.13 Å². The average molecular weight is 1480 g/mol. The van der Waals surface area contributed by atoms with Crippen LogP contribution in [0.2, 0.25) is 0 Å². The molecule has 0 saturated carbocycles. The van der Waals surface area contributed by atoms with Gasteiger partial charge in [0.15, 0.2) is 0 Å². The highest BCUT2D eigenvalue weighted by atomic mass is 16.3. The second-order valence-electron chi connectivity index (χ2n) is 33.2. The summed E-state index contributed by atoms with van der Waals surface area (Å²) in [7, 11) is 0. The molecule has 19 aromatic rings. The minimum atomic E-state index is -2.49. The van der Waals surface area contributed by atoms with Crippen LogP contribution >= 0.6 is 0 Å². The van der Waals surface area contributed by atoms with Crippen molar-refractivity contribution >= 4 is 123 Å². The van der Waals surface area contributed by atoms with Gasteiger partial charge in [0.05, 0.1) is 33.4 Å². The Kier molecular flexibility index (Phi) is 12.3. The Labute approximate surface area is 682 Å². The zero-order valence-corrected chi connectivity index (χ0v) is 63.9. The lowest BCUT2D eigenvalue weighted by Gasteiger charge is -2.46. The molecule has 0 aliphatic carbocycles. The fraction of sp³-hybridized carbons (Fsp3) is 0.111. The third-order valence-corrected chi connectivity index (χ3v) is 24.2. The topological polar surface area (TPSA) is 29.5 Å². The second-order valence-corrected chi connectivity index (χ2v) is 33.2. The van der Waals surface area contributed by atoms with E-state index < -0.39 is 45.0 Å². The summed E-state index contributed by atoms with van der Waals surface area (Å²) in [6, 6.07) is 112. The van der Waals surface area contributed by atoms with Gasteiger partial charge in [0.2, 0.25) is 0 Å². The van der Waals surface area contributed by atoms with E-state index in [1.54, 1.807) is 48.5 Å². The van der Waals surface area contributed by atoms with Gasteiger partial charge in [0.25, 0.3) is 6.71 Å². The van der Waals surface area contributed by atoms with Gasteiger partial charge in [-0.05, 0) is 267 Å². The second kappa shape index (κ2) is 25.0. The van der Waals surface area contributed by atoms with Gasteiger partial charge >= 0.3 is 0 Å². The van der Waals surface area contributed by atoms with Crippen LogP contribution in [0.15, 0.2) is 326 Å². The highest BCUT2D eigenvalue weighted by molar-refractivity contribution is 7.00. The van der Waals surface area contributed by atoms with Crippen LogP contribution in [-0.4, -0.2) is 15.8 Å². The average Bonchev–Trinajstić information content (AvgIpc) is 0.785. The standard InChI is InChI=1S/C108H83BN4O/c1-64-32-42-94-86(48-64)87-49-65(2)33-43-95(87)110(94)80-38-40-92-98(62-80)112-100-56-77(68-22-14-11-15-23-68)57-101-104(100)109(92)93-41-39-81(111-96-44-34-66(3)50-88(96)89-51-67(4)35-45-97(89)111)63-99(93)113(101)106-83(70-26-18-13-19-27-70)59-79(108(8,9)10)61-85(106)76-31-21-29-72(53-76)74-37-47-103-91(55-74)90-54-73(36-46-102(90)114-103)71-28-20-30-75(52-71)84-60-78(107(5,6)7)58-82(105(84)112)69-24-16-12-17-25-69/h11-63H,1-10H3/i1D3,2D3,3D3,4D3. The first-order valence-corrected chi connectivity index (χ1v) is 39.2. The summed E-state index contributed by atoms with van der Waals surface area (Å²) in [5.74, 6) is 0. The first kappa shape index (κ1) is 55.9. The SMILES string of the molecule is [2H]C([2H])([2H])c1ccc2c(c1)c1cc(C([2H])([2H])[2H])ccc1n2-c1ccc2c(c1)N1c3cc(-c4ccccc4)cc4c3B2c2ccc(-n3c5ccc(C([2H])([2H])[2H])cc5c5cc(C([2H])([2H])[2H])ccc53)cc2N4c2c(-c3ccccc3)cc(C(C)(C)C)cc2-c2cccc(c2)-c2ccc3oc4ccc(cc4c3c2)-c2cccc(c2)-c2cc(C(C)(C)C)cc(-c3ccccc3)c21. The number of aromatic nitrogens is 2. The van der Waals surface area contributed by atoms with Crippen LogP contribution in [0, 0.1) is 27.4 Å². The minimum absolute atomic E-state index is 0.126. The van der Waals surface area contributed by atoms with E-state index >= 15 is 0 Å². The number of hydrogen-bond donors (Lipinski definition) is 0. The molecule has 3 aliphatic heterocycles. The van der Waals surface area contributed by atoms with Crippen LogP contribution in [0.5, 0.6) is 0 Å². The lowest BCUT2D eigenvalue weighted by molar-refractivity contribution is 0.590. The van der Waals surface area contributed by atoms with Gasteiger partial charge in [-0.3, -0.25) is 0 Å². The quantitative estimate of drug-likeness (QED) is 0.161. The fourth-order valence-electron chi connectivity index (χ4n) is 18.7. The molecule has 544 valence electrons. The molecule has 0 radical (unpaired) electrons. The van der Waals surface area contributed by atoms with Crippen molar-refractivity contribution in [2.45, 2.75) is 79.8 Å². The first-order chi connectivity index (χ1) is 60.2. The number of benzene rings is 16. The van der Waals surface area contributed by atoms with Crippen LogP contribution in [0.4, 0.5) is 34.1 Å². The van der Waals surface area contributed by atoms with E-state index in [1.165, 1.54) is 0 Å². The maximum absolute atomic E-state index is 8.77. The van der Waals surface area contributed by atoms with Gasteiger partial charge < -0.3 is 23.4 Å². The van der Waals surface area contributed by atoms with Crippen molar-refractivity contribution in [2.75, 3.05) is 9.80 Å². The molecule has 16 aromatic carbocycles. The van der Waals surface area contributed by atoms with Crippen molar-refractivity contribution in [2.24, 2.45) is 0 Å². The summed E-state index contributed by atoms with van der Waals surface area (Å²) in [4.78, 5) is 5.08. The number of anilines is 6. The molecule has 0 N–H and O–H groups in total. The van der Waals surface area contributed by atoms with Crippen LogP contribution in [0.25, 0.3) is 155 Å². The van der Waals surface area contributed by atoms with Gasteiger partial charge in [-0.1, -0.05) is 240 Å². The van der Waals surface area contributed by atoms with E-state index in [0.717, 1.165) is 173 Å². The van der Waals surface area contributed by atoms with E-state index in [9.17, 15) is 0 Å². The molecule has 13 bridgehead atoms. The lowest BCUT2D eigenvalue weighted by Crippen LogP contribution is -2.61. The number of furan rings is 1. The summed E-state index contributed by atoms with van der Waals surface area (Å²) in [6.45, 7) is 3.12. The number of aryl methyl sites for hydroxylation is 4. The Balaban J connectivity index is 0.954. The molecule has 22 rings (SSSR count). The van der Waals surface area contributed by atoms with E-state index in [4.69, 9.17) is 20.9 Å². The molecule has 0 saturated heterocycles. The number of rotatable bonds is 5. The van der Waals surface area contributed by atoms with Crippen LogP contribution in [0.3, 0.4) is 0 Å². The predicted molar refractivity (Wildman–Crippen MR) is 484 cm³/mol. The van der Waals surface area contributed by atoms with E-state index in [-0.39, 0.29) is 22.3 Å². The summed E-state index contributed by atoms with van der Waals surface area (Å²) in [5.41, 5.74) is 29.4. The molecule has 6 heterocycles. The maximum atomic E-state index is 8.77. The Bertz CT molecular complexity index is 7240. The van der Waals surface area contributed by atoms with Gasteiger partial charge in [0, 0.05) is 105 Å². The summed E-state index contributed by atoms with van der Waals surface area (Å²) in [6.07, 6.45) is 0. The molecule has 3 aromatic heterocycles. The van der Waals surface area contributed by atoms with Crippen molar-refractivity contribution in [3.63, 3.8) is 0 Å². The van der Waals surface area contributed by atoms with Gasteiger partial charge in [0.1, 0.15) is 11.2 Å². The predicted octanol–water partition coefficient (Wildman–Crippen LogP) is 27.7. The maximum Gasteiger partial charge on any atom is 0.252 e. The zero-order valence-electron chi connectivity index (χ0n) is 75.9. The Morgan fingerprint density at radius 3 is 1.00 bits per heavy atom. The first-order valence-electron chi connectivity index (χ1n) is 45.2. The van der Waals surface area contributed by atoms with Gasteiger partial charge in [-0.25, -0.2) is 0 Å². The summed E-state index contributed by atoms with van der Waals surface area (Å²) >= 11 is 0. The minimum Gasteiger partial charge on any atom is -0.456 e. The van der Waals surface area contributed by atoms with Gasteiger partial charge in [-0.2, -0.15) is 0 Å². The van der Waals surface area contributed by atoms with E-state index in [0.29, 0.717) is 43.6 Å². The molecule has 3 aliphatic rings. The van der Waals surface area contributed by atoms with Crippen molar-refractivity contribution in [3.8, 4) is 89.3 Å². The Morgan fingerprint density at radius 2 is 0.623 bits per heavy atom. The number of fused-ring (bicyclic) bond motifs is 26. The zero-order chi connectivity index (χ0) is 86.9. The number of hydrogen-bond acceptors (Lipinski definition) is 3. The molecule has 0 spiro atoms. The van der Waals surface area contributed by atoms with Crippen molar-refractivity contribution in [3.05, 3.63) is 355 Å². The third-order valence-electron chi connectivity index (χ3n) is 24.2. The smallest absolute Gasteiger partial charge is 0.252 e. The van der Waals surface area contributed by atoms with Crippen molar-refractivity contribution < 1.29 is 20.9 Å². The van der Waals surface area contributed by atoms with E-state index in [1.807, 2.05) is 24.3 Å². The fourth-order valence-corrected chi connectivity index (χ4v) is 18.7. The third kappa shape index (κ3) is 10.5. The van der Waals surface area contributed by atoms with Crippen molar-refractivity contribution in [1.29, 1.82) is 0 Å². The molecule has 0 fully saturated rings. The molecule has 5 nitrogen and oxygen atoms in total. The van der Waals surface area contributed by atoms with Crippen LogP contribution in [0.1, 0.15) is 91.4 Å². The normalized spacial score (nSPS) is 14.9. The van der Waals surface area contributed by atoms with Crippen LogP contribution in [-0.2, 0) is 10.8 Å². The lowest BCUT2D eigenvalue weighted by atomic mass is 9.33. The van der Waals surface area contributed by atoms with E-state index in [2.05, 4.69) is 309 Å². The monoisotopic (exact) mass is 1470 g/mol.